The van der Waals surface area contributed by atoms with E-state index in [1.807, 2.05) is 44.2 Å². The van der Waals surface area contributed by atoms with Gasteiger partial charge in [0.15, 0.2) is 0 Å². The summed E-state index contributed by atoms with van der Waals surface area (Å²) in [6.45, 7) is 5.09. The van der Waals surface area contributed by atoms with Crippen LogP contribution in [0.2, 0.25) is 0 Å². The maximum Gasteiger partial charge on any atom is 0.226 e. The zero-order valence-corrected chi connectivity index (χ0v) is 11.6. The molecule has 102 valence electrons. The topological polar surface area (TPSA) is 53.3 Å². The fraction of sp³-hybridized carbons (Fsp3) is 0.467. The summed E-state index contributed by atoms with van der Waals surface area (Å²) in [5, 5.41) is 8.67. The summed E-state index contributed by atoms with van der Waals surface area (Å²) in [4.78, 5) is 13.4. The molecule has 0 heterocycles. The molecule has 0 saturated carbocycles. The van der Waals surface area contributed by atoms with Crippen LogP contribution in [0, 0.1) is 18.3 Å². The van der Waals surface area contributed by atoms with Gasteiger partial charge in [0.05, 0.1) is 19.1 Å². The highest BCUT2D eigenvalue weighted by Gasteiger charge is 2.11. The Kier molecular flexibility index (Phi) is 6.45. The van der Waals surface area contributed by atoms with E-state index in [4.69, 9.17) is 10.00 Å². The highest BCUT2D eigenvalue weighted by atomic mass is 16.5. The minimum atomic E-state index is -0.0314. The molecule has 1 aromatic rings. The van der Waals surface area contributed by atoms with Crippen molar-refractivity contribution in [2.24, 2.45) is 0 Å². The molecule has 0 saturated heterocycles. The molecule has 19 heavy (non-hydrogen) atoms. The predicted molar refractivity (Wildman–Crippen MR) is 73.8 cm³/mol. The fourth-order valence-corrected chi connectivity index (χ4v) is 1.77. The van der Waals surface area contributed by atoms with Gasteiger partial charge in [0, 0.05) is 6.54 Å². The number of nitrogens with zero attached hydrogens (tertiary/aromatic N) is 2. The zero-order valence-electron chi connectivity index (χ0n) is 11.6. The van der Waals surface area contributed by atoms with E-state index in [9.17, 15) is 4.79 Å². The first-order chi connectivity index (χ1) is 9.17. The second kappa shape index (κ2) is 8.15. The van der Waals surface area contributed by atoms with Gasteiger partial charge in [0.1, 0.15) is 12.3 Å². The van der Waals surface area contributed by atoms with Crippen LogP contribution in [-0.4, -0.2) is 30.5 Å². The molecule has 4 nitrogen and oxygen atoms in total. The number of hydrogen-bond donors (Lipinski definition) is 0. The predicted octanol–water partition coefficient (Wildman–Crippen LogP) is 2.53. The Hall–Kier alpha value is -2.02. The van der Waals surface area contributed by atoms with Gasteiger partial charge in [-0.05, 0) is 31.0 Å². The lowest BCUT2D eigenvalue weighted by Gasteiger charge is -2.18. The van der Waals surface area contributed by atoms with Crippen LogP contribution in [0.4, 0.5) is 0 Å². The molecule has 0 aliphatic rings. The molecule has 0 spiro atoms. The SMILES string of the molecule is CCCN(CC#N)C(=O)CCOc1cccc(C)c1. The number of rotatable bonds is 7. The van der Waals surface area contributed by atoms with Crippen LogP contribution in [0.3, 0.4) is 0 Å². The molecule has 0 aliphatic heterocycles. The van der Waals surface area contributed by atoms with E-state index >= 15 is 0 Å². The van der Waals surface area contributed by atoms with Gasteiger partial charge in [0.25, 0.3) is 0 Å². The summed E-state index contributed by atoms with van der Waals surface area (Å²) in [7, 11) is 0. The van der Waals surface area contributed by atoms with Crippen molar-refractivity contribution >= 4 is 5.91 Å². The number of hydrogen-bond acceptors (Lipinski definition) is 3. The molecular formula is C15H20N2O2. The van der Waals surface area contributed by atoms with Gasteiger partial charge >= 0.3 is 0 Å². The third-order valence-corrected chi connectivity index (χ3v) is 2.68. The van der Waals surface area contributed by atoms with Crippen LogP contribution in [0.15, 0.2) is 24.3 Å². The summed E-state index contributed by atoms with van der Waals surface area (Å²) >= 11 is 0. The lowest BCUT2D eigenvalue weighted by Crippen LogP contribution is -2.33. The van der Waals surface area contributed by atoms with Crippen LogP contribution < -0.4 is 4.74 Å². The van der Waals surface area contributed by atoms with Crippen LogP contribution in [0.5, 0.6) is 5.75 Å². The zero-order chi connectivity index (χ0) is 14.1. The van der Waals surface area contributed by atoms with Crippen molar-refractivity contribution in [3.05, 3.63) is 29.8 Å². The molecule has 0 aromatic heterocycles. The number of benzene rings is 1. The van der Waals surface area contributed by atoms with Crippen LogP contribution in [0.25, 0.3) is 0 Å². The van der Waals surface area contributed by atoms with Gasteiger partial charge in [-0.25, -0.2) is 0 Å². The third kappa shape index (κ3) is 5.43. The van der Waals surface area contributed by atoms with E-state index in [2.05, 4.69) is 0 Å². The smallest absolute Gasteiger partial charge is 0.226 e. The molecule has 0 N–H and O–H groups in total. The summed E-state index contributed by atoms with van der Waals surface area (Å²) in [6.07, 6.45) is 1.15. The molecule has 4 heteroatoms. The van der Waals surface area contributed by atoms with E-state index in [1.165, 1.54) is 0 Å². The van der Waals surface area contributed by atoms with E-state index < -0.39 is 0 Å². The van der Waals surface area contributed by atoms with E-state index in [-0.39, 0.29) is 12.5 Å². The largest absolute Gasteiger partial charge is 0.493 e. The summed E-state index contributed by atoms with van der Waals surface area (Å²) in [6, 6.07) is 9.74. The minimum absolute atomic E-state index is 0.0314. The van der Waals surface area contributed by atoms with Crippen molar-refractivity contribution in [1.29, 1.82) is 5.26 Å². The van der Waals surface area contributed by atoms with Crippen molar-refractivity contribution in [2.45, 2.75) is 26.7 Å². The number of carbonyl (C=O) groups excluding carboxylic acids is 1. The first kappa shape index (κ1) is 15.0. The van der Waals surface area contributed by atoms with Crippen LogP contribution in [0.1, 0.15) is 25.3 Å². The quantitative estimate of drug-likeness (QED) is 0.708. The molecule has 0 fully saturated rings. The third-order valence-electron chi connectivity index (χ3n) is 2.68. The van der Waals surface area contributed by atoms with Gasteiger partial charge in [0.2, 0.25) is 5.91 Å². The van der Waals surface area contributed by atoms with Crippen molar-refractivity contribution in [2.75, 3.05) is 19.7 Å². The number of ether oxygens (including phenoxy) is 1. The Labute approximate surface area is 114 Å². The number of aryl methyl sites for hydroxylation is 1. The average Bonchev–Trinajstić information content (AvgIpc) is 2.38. The Balaban J connectivity index is 2.39. The molecule has 0 bridgehead atoms. The molecule has 1 aromatic carbocycles. The Morgan fingerprint density at radius 2 is 2.26 bits per heavy atom. The van der Waals surface area contributed by atoms with Crippen LogP contribution >= 0.6 is 0 Å². The van der Waals surface area contributed by atoms with Gasteiger partial charge < -0.3 is 9.64 Å². The maximum absolute atomic E-state index is 11.9. The van der Waals surface area contributed by atoms with Crippen molar-refractivity contribution < 1.29 is 9.53 Å². The van der Waals surface area contributed by atoms with Gasteiger partial charge in [-0.15, -0.1) is 0 Å². The molecular weight excluding hydrogens is 240 g/mol. The average molecular weight is 260 g/mol. The molecule has 0 aliphatic carbocycles. The first-order valence-corrected chi connectivity index (χ1v) is 6.51. The minimum Gasteiger partial charge on any atom is -0.493 e. The highest BCUT2D eigenvalue weighted by Crippen LogP contribution is 2.12. The highest BCUT2D eigenvalue weighted by molar-refractivity contribution is 5.76. The Bertz CT molecular complexity index is 452. The van der Waals surface area contributed by atoms with Gasteiger partial charge in [-0.3, -0.25) is 4.79 Å². The summed E-state index contributed by atoms with van der Waals surface area (Å²) in [5.41, 5.74) is 1.13. The van der Waals surface area contributed by atoms with Crippen molar-refractivity contribution in [3.63, 3.8) is 0 Å². The molecule has 1 amide bonds. The molecule has 0 atom stereocenters. The number of nitriles is 1. The van der Waals surface area contributed by atoms with Crippen LogP contribution in [-0.2, 0) is 4.79 Å². The van der Waals surface area contributed by atoms with E-state index in [1.54, 1.807) is 4.90 Å². The summed E-state index contributed by atoms with van der Waals surface area (Å²) < 4.78 is 5.53. The van der Waals surface area contributed by atoms with Gasteiger partial charge in [-0.1, -0.05) is 19.1 Å². The van der Waals surface area contributed by atoms with Crippen molar-refractivity contribution in [3.8, 4) is 11.8 Å². The fourth-order valence-electron chi connectivity index (χ4n) is 1.77. The monoisotopic (exact) mass is 260 g/mol. The lowest BCUT2D eigenvalue weighted by atomic mass is 10.2. The summed E-state index contributed by atoms with van der Waals surface area (Å²) in [5.74, 6) is 0.742. The van der Waals surface area contributed by atoms with E-state index in [0.29, 0.717) is 19.6 Å². The maximum atomic E-state index is 11.9. The molecule has 0 radical (unpaired) electrons. The first-order valence-electron chi connectivity index (χ1n) is 6.51. The Morgan fingerprint density at radius 1 is 1.47 bits per heavy atom. The normalized spacial score (nSPS) is 9.74. The number of amides is 1. The van der Waals surface area contributed by atoms with Gasteiger partial charge in [-0.2, -0.15) is 5.26 Å². The second-order valence-corrected chi connectivity index (χ2v) is 4.39. The van der Waals surface area contributed by atoms with E-state index in [0.717, 1.165) is 17.7 Å². The number of carbonyl (C=O) groups is 1. The lowest BCUT2D eigenvalue weighted by molar-refractivity contribution is -0.131. The second-order valence-electron chi connectivity index (χ2n) is 4.39. The Morgan fingerprint density at radius 3 is 2.89 bits per heavy atom. The standard InChI is InChI=1S/C15H20N2O2/c1-3-9-17(10-8-16)15(18)7-11-19-14-6-4-5-13(2)12-14/h4-6,12H,3,7,9-11H2,1-2H3. The molecule has 0 unspecified atom stereocenters. The molecule has 1 rings (SSSR count). The van der Waals surface area contributed by atoms with Crippen molar-refractivity contribution in [1.82, 2.24) is 4.90 Å².